The quantitative estimate of drug-likeness (QED) is 0.664. The standard InChI is InChI=1S/C8H10N4O/c1-4-7(9)6-3-10-8(5(2)13)12(6)11-4/h3,9H2,1-2H3. The maximum atomic E-state index is 11.1. The Hall–Kier alpha value is -1.65. The third-order valence-corrected chi connectivity index (χ3v) is 2.10. The molecule has 1 aliphatic heterocycles. The third-order valence-electron chi connectivity index (χ3n) is 2.10. The number of fused-ring (bicyclic) bond motifs is 1. The molecule has 0 fully saturated rings. The molecule has 0 saturated carbocycles. The second-order valence-corrected chi connectivity index (χ2v) is 3.05. The lowest BCUT2D eigenvalue weighted by molar-refractivity contribution is -0.111. The average Bonchev–Trinajstić information content (AvgIpc) is 2.55. The molecule has 0 atom stereocenters. The van der Waals surface area contributed by atoms with Gasteiger partial charge in [0.2, 0.25) is 0 Å². The summed E-state index contributed by atoms with van der Waals surface area (Å²) in [5.41, 5.74) is 7.96. The van der Waals surface area contributed by atoms with Crippen LogP contribution in [-0.2, 0) is 11.3 Å². The summed E-state index contributed by atoms with van der Waals surface area (Å²) in [6, 6.07) is 0. The average molecular weight is 178 g/mol. The number of anilines is 1. The normalized spacial score (nSPS) is 14.2. The fraction of sp³-hybridized carbons (Fsp3) is 0.375. The highest BCUT2D eigenvalue weighted by Gasteiger charge is 2.23. The molecular formula is C8H10N4O. The Morgan fingerprint density at radius 2 is 2.31 bits per heavy atom. The van der Waals surface area contributed by atoms with E-state index in [4.69, 9.17) is 5.73 Å². The molecule has 0 aromatic carbocycles. The molecule has 2 heterocycles. The van der Waals surface area contributed by atoms with Gasteiger partial charge in [0.05, 0.1) is 23.6 Å². The second kappa shape index (κ2) is 2.42. The van der Waals surface area contributed by atoms with Gasteiger partial charge in [-0.05, 0) is 6.92 Å². The second-order valence-electron chi connectivity index (χ2n) is 3.05. The molecule has 1 aromatic heterocycles. The zero-order valence-electron chi connectivity index (χ0n) is 7.53. The molecule has 0 spiro atoms. The zero-order valence-corrected chi connectivity index (χ0v) is 7.53. The van der Waals surface area contributed by atoms with E-state index < -0.39 is 0 Å². The van der Waals surface area contributed by atoms with Gasteiger partial charge in [-0.15, -0.1) is 0 Å². The molecule has 0 radical (unpaired) electrons. The number of hydrogen-bond acceptors (Lipinski definition) is 4. The molecule has 0 unspecified atom stereocenters. The fourth-order valence-corrected chi connectivity index (χ4v) is 1.39. The van der Waals surface area contributed by atoms with Crippen LogP contribution in [0.5, 0.6) is 0 Å². The molecule has 0 saturated heterocycles. The van der Waals surface area contributed by atoms with Crippen molar-refractivity contribution in [3.63, 3.8) is 0 Å². The maximum absolute atomic E-state index is 11.1. The van der Waals surface area contributed by atoms with Crippen molar-refractivity contribution in [2.75, 3.05) is 5.73 Å². The summed E-state index contributed by atoms with van der Waals surface area (Å²) in [6.45, 7) is 3.75. The van der Waals surface area contributed by atoms with Crippen molar-refractivity contribution >= 4 is 17.3 Å². The molecule has 5 heteroatoms. The summed E-state index contributed by atoms with van der Waals surface area (Å²) in [6.07, 6.45) is 0. The number of ketones is 1. The Morgan fingerprint density at radius 3 is 2.92 bits per heavy atom. The minimum atomic E-state index is -0.0822. The van der Waals surface area contributed by atoms with Crippen molar-refractivity contribution in [2.24, 2.45) is 4.99 Å². The van der Waals surface area contributed by atoms with Gasteiger partial charge >= 0.3 is 0 Å². The highest BCUT2D eigenvalue weighted by molar-refractivity contribution is 6.39. The van der Waals surface area contributed by atoms with Crippen molar-refractivity contribution in [2.45, 2.75) is 20.4 Å². The number of hydrogen-bond donors (Lipinski definition) is 1. The largest absolute Gasteiger partial charge is 0.396 e. The number of aryl methyl sites for hydroxylation is 1. The van der Waals surface area contributed by atoms with Crippen molar-refractivity contribution in [3.8, 4) is 0 Å². The molecule has 0 aliphatic carbocycles. The van der Waals surface area contributed by atoms with E-state index in [1.165, 1.54) is 11.6 Å². The summed E-state index contributed by atoms with van der Waals surface area (Å²) in [4.78, 5) is 15.1. The summed E-state index contributed by atoms with van der Waals surface area (Å²) in [7, 11) is 0. The van der Waals surface area contributed by atoms with Crippen molar-refractivity contribution in [1.29, 1.82) is 0 Å². The molecule has 5 nitrogen and oxygen atoms in total. The summed E-state index contributed by atoms with van der Waals surface area (Å²) >= 11 is 0. The van der Waals surface area contributed by atoms with E-state index in [0.717, 1.165) is 11.4 Å². The van der Waals surface area contributed by atoms with Crippen LogP contribution in [-0.4, -0.2) is 21.4 Å². The highest BCUT2D eigenvalue weighted by Crippen LogP contribution is 2.21. The first kappa shape index (κ1) is 7.97. The van der Waals surface area contributed by atoms with E-state index in [1.54, 1.807) is 0 Å². The predicted octanol–water partition coefficient (Wildman–Crippen LogP) is 0.123. The van der Waals surface area contributed by atoms with Crippen molar-refractivity contribution < 1.29 is 4.79 Å². The van der Waals surface area contributed by atoms with Crippen LogP contribution in [0.4, 0.5) is 5.69 Å². The number of nitrogen functional groups attached to an aromatic ring is 1. The van der Waals surface area contributed by atoms with Gasteiger partial charge in [0.1, 0.15) is 0 Å². The molecule has 0 amide bonds. The first-order chi connectivity index (χ1) is 6.11. The number of nitrogens with two attached hydrogens (primary N) is 1. The highest BCUT2D eigenvalue weighted by atomic mass is 16.1. The fourth-order valence-electron chi connectivity index (χ4n) is 1.39. The van der Waals surface area contributed by atoms with Gasteiger partial charge < -0.3 is 5.73 Å². The van der Waals surface area contributed by atoms with Crippen LogP contribution >= 0.6 is 0 Å². The number of carbonyl (C=O) groups excluding carboxylic acids is 1. The topological polar surface area (TPSA) is 73.3 Å². The predicted molar refractivity (Wildman–Crippen MR) is 48.6 cm³/mol. The van der Waals surface area contributed by atoms with E-state index in [0.29, 0.717) is 18.1 Å². The summed E-state index contributed by atoms with van der Waals surface area (Å²) in [5.74, 6) is 0.302. The smallest absolute Gasteiger partial charge is 0.196 e. The Morgan fingerprint density at radius 1 is 1.62 bits per heavy atom. The van der Waals surface area contributed by atoms with Crippen LogP contribution in [0.25, 0.3) is 0 Å². The molecule has 2 rings (SSSR count). The van der Waals surface area contributed by atoms with Gasteiger partial charge in [-0.1, -0.05) is 0 Å². The molecular weight excluding hydrogens is 168 g/mol. The Balaban J connectivity index is 2.56. The number of aromatic nitrogens is 2. The lowest BCUT2D eigenvalue weighted by atomic mass is 10.3. The molecule has 0 bridgehead atoms. The van der Waals surface area contributed by atoms with Gasteiger partial charge in [0, 0.05) is 6.92 Å². The van der Waals surface area contributed by atoms with Crippen LogP contribution < -0.4 is 5.73 Å². The lowest BCUT2D eigenvalue weighted by Gasteiger charge is -1.95. The van der Waals surface area contributed by atoms with Crippen LogP contribution in [0.1, 0.15) is 18.3 Å². The Kier molecular flexibility index (Phi) is 1.48. The third kappa shape index (κ3) is 0.965. The number of aliphatic imine (C=N–C) groups is 1. The van der Waals surface area contributed by atoms with E-state index in [1.807, 2.05) is 6.92 Å². The monoisotopic (exact) mass is 178 g/mol. The summed E-state index contributed by atoms with van der Waals surface area (Å²) < 4.78 is 1.53. The molecule has 1 aromatic rings. The van der Waals surface area contributed by atoms with Gasteiger partial charge in [-0.2, -0.15) is 5.10 Å². The van der Waals surface area contributed by atoms with Gasteiger partial charge in [-0.25, -0.2) is 4.68 Å². The maximum Gasteiger partial charge on any atom is 0.196 e. The van der Waals surface area contributed by atoms with Gasteiger partial charge in [0.15, 0.2) is 11.6 Å². The molecule has 68 valence electrons. The number of Topliss-reactive ketones (excluding diaryl/α,β-unsaturated/α-hetero) is 1. The van der Waals surface area contributed by atoms with Crippen LogP contribution in [0.15, 0.2) is 4.99 Å². The van der Waals surface area contributed by atoms with E-state index in [9.17, 15) is 4.79 Å². The number of nitrogens with zero attached hydrogens (tertiary/aromatic N) is 3. The van der Waals surface area contributed by atoms with Crippen LogP contribution in [0, 0.1) is 6.92 Å². The molecule has 1 aliphatic rings. The van der Waals surface area contributed by atoms with Crippen molar-refractivity contribution in [3.05, 3.63) is 11.4 Å². The minimum absolute atomic E-state index is 0.0822. The number of carbonyl (C=O) groups is 1. The number of rotatable bonds is 1. The zero-order chi connectivity index (χ0) is 9.59. The van der Waals surface area contributed by atoms with Gasteiger partial charge in [-0.3, -0.25) is 9.79 Å². The van der Waals surface area contributed by atoms with Crippen LogP contribution in [0.3, 0.4) is 0 Å². The lowest BCUT2D eigenvalue weighted by Crippen LogP contribution is -2.19. The van der Waals surface area contributed by atoms with Crippen LogP contribution in [0.2, 0.25) is 0 Å². The summed E-state index contributed by atoms with van der Waals surface area (Å²) in [5, 5.41) is 4.13. The first-order valence-corrected chi connectivity index (χ1v) is 4.01. The van der Waals surface area contributed by atoms with Gasteiger partial charge in [0.25, 0.3) is 0 Å². The van der Waals surface area contributed by atoms with E-state index in [2.05, 4.69) is 10.1 Å². The van der Waals surface area contributed by atoms with E-state index >= 15 is 0 Å². The minimum Gasteiger partial charge on any atom is -0.396 e. The molecule has 2 N–H and O–H groups in total. The van der Waals surface area contributed by atoms with Crippen molar-refractivity contribution in [1.82, 2.24) is 9.78 Å². The SMILES string of the molecule is CC(=O)C1=NCc2c(N)c(C)nn21. The first-order valence-electron chi connectivity index (χ1n) is 4.01. The molecule has 13 heavy (non-hydrogen) atoms. The van der Waals surface area contributed by atoms with E-state index in [-0.39, 0.29) is 5.78 Å². The Labute approximate surface area is 75.3 Å². The Bertz CT molecular complexity index is 416.